The molecule has 0 saturated carbocycles. The normalized spacial score (nSPS) is 11.5. The summed E-state index contributed by atoms with van der Waals surface area (Å²) in [5.41, 5.74) is 0. The summed E-state index contributed by atoms with van der Waals surface area (Å²) in [6.07, 6.45) is 0. The summed E-state index contributed by atoms with van der Waals surface area (Å²) in [5, 5.41) is 0. The van der Waals surface area contributed by atoms with E-state index in [2.05, 4.69) is 40.0 Å². The van der Waals surface area contributed by atoms with Gasteiger partial charge in [0.15, 0.2) is 0 Å². The van der Waals surface area contributed by atoms with E-state index in [1.54, 1.807) is 0 Å². The summed E-state index contributed by atoms with van der Waals surface area (Å²) in [6.45, 7) is 5.87. The molecule has 0 rings (SSSR count). The van der Waals surface area contributed by atoms with Crippen molar-refractivity contribution in [1.82, 2.24) is 4.90 Å². The smallest absolute Gasteiger partial charge is 0.0911 e. The van der Waals surface area contributed by atoms with Crippen molar-refractivity contribution in [3.63, 3.8) is 0 Å². The number of hydrogen-bond donors (Lipinski definition) is 0. The molecule has 0 aromatic heterocycles. The van der Waals surface area contributed by atoms with Crippen LogP contribution >= 0.6 is 0 Å². The van der Waals surface area contributed by atoms with E-state index in [1.807, 2.05) is 0 Å². The molecule has 0 aliphatic rings. The number of quaternary nitrogens is 1. The summed E-state index contributed by atoms with van der Waals surface area (Å²) in [7, 11) is 8.78. The first kappa shape index (κ1) is 14.0. The molecule has 0 spiro atoms. The second-order valence-corrected chi connectivity index (χ2v) is 3.78. The third-order valence-electron chi connectivity index (χ3n) is 2.01. The average molecular weight is 225 g/mol. The lowest BCUT2D eigenvalue weighted by atomic mass is 10.4. The van der Waals surface area contributed by atoms with Crippen LogP contribution in [-0.2, 0) is 0 Å². The van der Waals surface area contributed by atoms with E-state index in [-0.39, 0.29) is 17.0 Å². The Balaban J connectivity index is 0. The highest BCUT2D eigenvalue weighted by atomic mass is 79.9. The fourth-order valence-electron chi connectivity index (χ4n) is 0.629. The molecule has 0 atom stereocenters. The Morgan fingerprint density at radius 3 is 1.91 bits per heavy atom. The van der Waals surface area contributed by atoms with Crippen LogP contribution in [0.2, 0.25) is 0 Å². The lowest BCUT2D eigenvalue weighted by Gasteiger charge is -2.29. The van der Waals surface area contributed by atoms with Gasteiger partial charge in [0.2, 0.25) is 0 Å². The van der Waals surface area contributed by atoms with E-state index in [4.69, 9.17) is 0 Å². The number of hydrogen-bond acceptors (Lipinski definition) is 1. The van der Waals surface area contributed by atoms with Crippen molar-refractivity contribution in [1.29, 1.82) is 0 Å². The Morgan fingerprint density at radius 1 is 1.18 bits per heavy atom. The Morgan fingerprint density at radius 2 is 1.64 bits per heavy atom. The summed E-state index contributed by atoms with van der Waals surface area (Å²) >= 11 is 0. The van der Waals surface area contributed by atoms with E-state index in [9.17, 15) is 0 Å². The van der Waals surface area contributed by atoms with Crippen molar-refractivity contribution in [3.05, 3.63) is 0 Å². The van der Waals surface area contributed by atoms with Crippen molar-refractivity contribution in [2.75, 3.05) is 47.8 Å². The van der Waals surface area contributed by atoms with Crippen LogP contribution in [0.5, 0.6) is 0 Å². The molecule has 0 radical (unpaired) electrons. The zero-order chi connectivity index (χ0) is 8.20. The van der Waals surface area contributed by atoms with Crippen LogP contribution in [0, 0.1) is 0 Å². The van der Waals surface area contributed by atoms with Gasteiger partial charge in [0.05, 0.1) is 27.2 Å². The number of rotatable bonds is 4. The van der Waals surface area contributed by atoms with E-state index in [0.717, 1.165) is 4.48 Å². The Labute approximate surface area is 81.5 Å². The van der Waals surface area contributed by atoms with Gasteiger partial charge in [-0.25, -0.2) is 0 Å². The molecule has 0 aromatic carbocycles. The molecule has 2 nitrogen and oxygen atoms in total. The highest BCUT2D eigenvalue weighted by molar-refractivity contribution is 4.39. The van der Waals surface area contributed by atoms with Crippen molar-refractivity contribution in [2.24, 2.45) is 0 Å². The monoisotopic (exact) mass is 224 g/mol. The van der Waals surface area contributed by atoms with Gasteiger partial charge in [-0.1, -0.05) is 0 Å². The van der Waals surface area contributed by atoms with Crippen molar-refractivity contribution < 1.29 is 21.5 Å². The fourth-order valence-corrected chi connectivity index (χ4v) is 0.629. The zero-order valence-corrected chi connectivity index (χ0v) is 9.98. The molecule has 0 aliphatic carbocycles. The lowest BCUT2D eigenvalue weighted by molar-refractivity contribution is -0.887. The van der Waals surface area contributed by atoms with Gasteiger partial charge in [-0.2, -0.15) is 0 Å². The number of halogens is 1. The molecule has 0 heterocycles. The van der Waals surface area contributed by atoms with Gasteiger partial charge in [0.1, 0.15) is 0 Å². The minimum atomic E-state index is 0. The molecule has 0 bridgehead atoms. The largest absolute Gasteiger partial charge is 1.00 e. The molecule has 0 aromatic rings. The Hall–Kier alpha value is 0.400. The Bertz CT molecular complexity index is 92.1. The van der Waals surface area contributed by atoms with E-state index in [1.165, 1.54) is 19.6 Å². The molecule has 11 heavy (non-hydrogen) atoms. The van der Waals surface area contributed by atoms with E-state index in [0.29, 0.717) is 0 Å². The second-order valence-electron chi connectivity index (χ2n) is 3.78. The Kier molecular flexibility index (Phi) is 7.58. The first-order valence-electron chi connectivity index (χ1n) is 3.94. The fraction of sp³-hybridized carbons (Fsp3) is 1.00. The minimum Gasteiger partial charge on any atom is -1.00 e. The quantitative estimate of drug-likeness (QED) is 0.484. The summed E-state index contributed by atoms with van der Waals surface area (Å²) in [4.78, 5) is 2.23. The molecule has 0 fully saturated rings. The molecule has 0 saturated heterocycles. The molecule has 0 aliphatic heterocycles. The third-order valence-corrected chi connectivity index (χ3v) is 2.01. The highest BCUT2D eigenvalue weighted by Gasteiger charge is 2.10. The molecule has 0 N–H and O–H groups in total. The molecule has 3 heteroatoms. The van der Waals surface area contributed by atoms with Crippen LogP contribution < -0.4 is 17.0 Å². The van der Waals surface area contributed by atoms with E-state index >= 15 is 0 Å². The molecular weight excluding hydrogens is 204 g/mol. The van der Waals surface area contributed by atoms with Crippen LogP contribution in [0.1, 0.15) is 6.92 Å². The standard InChI is InChI=1S/C8H21N2.BrH/c1-6-10(4,5)8-7-9(2)3;/h6-8H2,1-5H3;1H/q+1;/p-1. The maximum atomic E-state index is 2.27. The highest BCUT2D eigenvalue weighted by Crippen LogP contribution is 1.94. The van der Waals surface area contributed by atoms with Crippen LogP contribution in [0.15, 0.2) is 0 Å². The third kappa shape index (κ3) is 8.30. The first-order chi connectivity index (χ1) is 4.48. The van der Waals surface area contributed by atoms with Crippen LogP contribution in [-0.4, -0.2) is 57.2 Å². The molecule has 70 valence electrons. The van der Waals surface area contributed by atoms with E-state index < -0.39 is 0 Å². The molecule has 0 amide bonds. The molecular formula is C8H21BrN2. The molecule has 0 unspecified atom stereocenters. The number of nitrogens with zero attached hydrogens (tertiary/aromatic N) is 2. The zero-order valence-electron chi connectivity index (χ0n) is 8.39. The van der Waals surface area contributed by atoms with Crippen molar-refractivity contribution in [2.45, 2.75) is 6.92 Å². The maximum absolute atomic E-state index is 2.27. The predicted molar refractivity (Wildman–Crippen MR) is 46.1 cm³/mol. The van der Waals surface area contributed by atoms with Crippen molar-refractivity contribution in [3.8, 4) is 0 Å². The van der Waals surface area contributed by atoms with Crippen LogP contribution in [0.25, 0.3) is 0 Å². The van der Waals surface area contributed by atoms with Gasteiger partial charge in [-0.3, -0.25) is 0 Å². The minimum absolute atomic E-state index is 0. The van der Waals surface area contributed by atoms with Crippen LogP contribution in [0.4, 0.5) is 0 Å². The van der Waals surface area contributed by atoms with Gasteiger partial charge >= 0.3 is 0 Å². The topological polar surface area (TPSA) is 3.24 Å². The van der Waals surface area contributed by atoms with Crippen molar-refractivity contribution >= 4 is 0 Å². The first-order valence-corrected chi connectivity index (χ1v) is 3.94. The second kappa shape index (κ2) is 5.98. The van der Waals surface area contributed by atoms with Crippen LogP contribution in [0.3, 0.4) is 0 Å². The van der Waals surface area contributed by atoms with Gasteiger partial charge in [-0.15, -0.1) is 0 Å². The van der Waals surface area contributed by atoms with Gasteiger partial charge in [0, 0.05) is 6.54 Å². The number of likely N-dealkylation sites (N-methyl/N-ethyl adjacent to an activating group) is 2. The van der Waals surface area contributed by atoms with Gasteiger partial charge in [-0.05, 0) is 21.0 Å². The van der Waals surface area contributed by atoms with Gasteiger partial charge in [0.25, 0.3) is 0 Å². The summed E-state index contributed by atoms with van der Waals surface area (Å²) < 4.78 is 1.12. The maximum Gasteiger partial charge on any atom is 0.0911 e. The summed E-state index contributed by atoms with van der Waals surface area (Å²) in [6, 6.07) is 0. The summed E-state index contributed by atoms with van der Waals surface area (Å²) in [5.74, 6) is 0. The lowest BCUT2D eigenvalue weighted by Crippen LogP contribution is -3.00. The van der Waals surface area contributed by atoms with Gasteiger partial charge < -0.3 is 26.4 Å². The predicted octanol–water partition coefficient (Wildman–Crippen LogP) is -2.35. The SMILES string of the molecule is CC[N+](C)(C)CCN(C)C.[Br-]. The average Bonchev–Trinajstić information content (AvgIpc) is 1.85.